The van der Waals surface area contributed by atoms with Gasteiger partial charge in [0.1, 0.15) is 5.82 Å². The largest absolute Gasteiger partial charge is 0.409 e. The molecule has 4 N–H and O–H groups in total. The summed E-state index contributed by atoms with van der Waals surface area (Å²) in [6.07, 6.45) is 4.24. The van der Waals surface area contributed by atoms with Crippen LogP contribution in [0.25, 0.3) is 0 Å². The standard InChI is InChI=1S/C12H19ClN4O2/c1-17(7-3-2-4-8-18)12-10(13)9(5-6-15-12)11(14)16-19/h5-6,18-19H,2-4,7-8H2,1H3,(H2,14,16). The number of halogens is 1. The van der Waals surface area contributed by atoms with Gasteiger partial charge < -0.3 is 20.9 Å². The average Bonchev–Trinajstić information content (AvgIpc) is 2.42. The molecule has 0 atom stereocenters. The predicted octanol–water partition coefficient (Wildman–Crippen LogP) is 1.43. The summed E-state index contributed by atoms with van der Waals surface area (Å²) in [7, 11) is 1.88. The molecule has 0 aromatic carbocycles. The highest BCUT2D eigenvalue weighted by Crippen LogP contribution is 2.26. The average molecular weight is 287 g/mol. The van der Waals surface area contributed by atoms with Gasteiger partial charge in [-0.2, -0.15) is 0 Å². The number of hydrogen-bond donors (Lipinski definition) is 3. The molecule has 0 spiro atoms. The van der Waals surface area contributed by atoms with Crippen LogP contribution in [0.15, 0.2) is 17.4 Å². The Hall–Kier alpha value is -1.53. The SMILES string of the molecule is CN(CCCCCO)c1nccc(/C(N)=N/O)c1Cl. The Kier molecular flexibility index (Phi) is 6.38. The van der Waals surface area contributed by atoms with Crippen LogP contribution in [0.3, 0.4) is 0 Å². The lowest BCUT2D eigenvalue weighted by Crippen LogP contribution is -2.22. The zero-order valence-electron chi connectivity index (χ0n) is 10.9. The number of unbranched alkanes of at least 4 members (excludes halogenated alkanes) is 2. The first-order chi connectivity index (χ1) is 9.11. The van der Waals surface area contributed by atoms with Gasteiger partial charge in [-0.25, -0.2) is 4.98 Å². The summed E-state index contributed by atoms with van der Waals surface area (Å²) in [4.78, 5) is 6.12. The van der Waals surface area contributed by atoms with E-state index >= 15 is 0 Å². The van der Waals surface area contributed by atoms with Crippen molar-refractivity contribution in [1.82, 2.24) is 4.98 Å². The molecule has 0 aliphatic carbocycles. The van der Waals surface area contributed by atoms with Crippen LogP contribution in [0.2, 0.25) is 5.02 Å². The molecule has 0 saturated heterocycles. The number of aliphatic hydroxyl groups is 1. The van der Waals surface area contributed by atoms with Crippen molar-refractivity contribution in [3.8, 4) is 0 Å². The third-order valence-electron chi connectivity index (χ3n) is 2.77. The third-order valence-corrected chi connectivity index (χ3v) is 3.14. The topological polar surface area (TPSA) is 95.0 Å². The molecule has 19 heavy (non-hydrogen) atoms. The second kappa shape index (κ2) is 7.81. The lowest BCUT2D eigenvalue weighted by atomic mass is 10.2. The maximum absolute atomic E-state index is 8.72. The molecule has 106 valence electrons. The Morgan fingerprint density at radius 2 is 2.21 bits per heavy atom. The van der Waals surface area contributed by atoms with Crippen molar-refractivity contribution in [1.29, 1.82) is 0 Å². The van der Waals surface area contributed by atoms with Crippen molar-refractivity contribution in [2.75, 3.05) is 25.1 Å². The minimum atomic E-state index is -0.0395. The van der Waals surface area contributed by atoms with E-state index in [2.05, 4.69) is 10.1 Å². The van der Waals surface area contributed by atoms with E-state index in [1.165, 1.54) is 0 Å². The van der Waals surface area contributed by atoms with Crippen molar-refractivity contribution < 1.29 is 10.3 Å². The molecule has 0 aliphatic heterocycles. The highest BCUT2D eigenvalue weighted by molar-refractivity contribution is 6.36. The fraction of sp³-hybridized carbons (Fsp3) is 0.500. The molecule has 0 unspecified atom stereocenters. The van der Waals surface area contributed by atoms with E-state index in [0.29, 0.717) is 16.4 Å². The van der Waals surface area contributed by atoms with Crippen molar-refractivity contribution >= 4 is 23.3 Å². The summed E-state index contributed by atoms with van der Waals surface area (Å²) in [5, 5.41) is 20.7. The molecule has 1 heterocycles. The van der Waals surface area contributed by atoms with Gasteiger partial charge in [0.05, 0.1) is 5.02 Å². The van der Waals surface area contributed by atoms with Crippen LogP contribution in [0.4, 0.5) is 5.82 Å². The number of aromatic nitrogens is 1. The molecule has 0 amide bonds. The second-order valence-electron chi connectivity index (χ2n) is 4.19. The van der Waals surface area contributed by atoms with Gasteiger partial charge >= 0.3 is 0 Å². The number of aliphatic hydroxyl groups excluding tert-OH is 1. The Morgan fingerprint density at radius 3 is 2.84 bits per heavy atom. The minimum absolute atomic E-state index is 0.0395. The zero-order chi connectivity index (χ0) is 14.3. The first kappa shape index (κ1) is 15.5. The van der Waals surface area contributed by atoms with E-state index in [1.54, 1.807) is 12.3 Å². The van der Waals surface area contributed by atoms with Gasteiger partial charge in [0.25, 0.3) is 0 Å². The van der Waals surface area contributed by atoms with Crippen LogP contribution in [-0.4, -0.2) is 41.3 Å². The van der Waals surface area contributed by atoms with E-state index in [4.69, 9.17) is 27.6 Å². The van der Waals surface area contributed by atoms with Crippen LogP contribution >= 0.6 is 11.6 Å². The lowest BCUT2D eigenvalue weighted by molar-refractivity contribution is 0.283. The fourth-order valence-corrected chi connectivity index (χ4v) is 2.05. The third kappa shape index (κ3) is 4.25. The number of pyridine rings is 1. The summed E-state index contributed by atoms with van der Waals surface area (Å²) in [6.45, 7) is 0.980. The summed E-state index contributed by atoms with van der Waals surface area (Å²) >= 11 is 6.20. The van der Waals surface area contributed by atoms with E-state index in [9.17, 15) is 0 Å². The minimum Gasteiger partial charge on any atom is -0.409 e. The Labute approximate surface area is 117 Å². The van der Waals surface area contributed by atoms with Gasteiger partial charge in [0.15, 0.2) is 5.84 Å². The van der Waals surface area contributed by atoms with Crippen LogP contribution in [0, 0.1) is 0 Å². The van der Waals surface area contributed by atoms with Gasteiger partial charge in [-0.15, -0.1) is 0 Å². The molecule has 1 aromatic rings. The molecular weight excluding hydrogens is 268 g/mol. The van der Waals surface area contributed by atoms with Gasteiger partial charge in [-0.05, 0) is 25.3 Å². The molecule has 0 radical (unpaired) electrons. The van der Waals surface area contributed by atoms with E-state index in [1.807, 2.05) is 11.9 Å². The molecule has 6 nitrogen and oxygen atoms in total. The quantitative estimate of drug-likeness (QED) is 0.232. The Bertz CT molecular complexity index is 440. The number of nitrogens with two attached hydrogens (primary N) is 1. The zero-order valence-corrected chi connectivity index (χ0v) is 11.6. The van der Waals surface area contributed by atoms with Crippen molar-refractivity contribution in [2.45, 2.75) is 19.3 Å². The first-order valence-electron chi connectivity index (χ1n) is 6.06. The summed E-state index contributed by atoms with van der Waals surface area (Å²) in [6, 6.07) is 1.60. The summed E-state index contributed by atoms with van der Waals surface area (Å²) < 4.78 is 0. The Balaban J connectivity index is 2.77. The summed E-state index contributed by atoms with van der Waals surface area (Å²) in [5.74, 6) is 0.553. The maximum atomic E-state index is 8.72. The van der Waals surface area contributed by atoms with E-state index in [-0.39, 0.29) is 12.4 Å². The predicted molar refractivity (Wildman–Crippen MR) is 76.0 cm³/mol. The van der Waals surface area contributed by atoms with Crippen LogP contribution in [-0.2, 0) is 0 Å². The second-order valence-corrected chi connectivity index (χ2v) is 4.57. The molecule has 0 fully saturated rings. The number of oxime groups is 1. The Morgan fingerprint density at radius 1 is 1.47 bits per heavy atom. The molecule has 0 saturated carbocycles. The number of nitrogens with zero attached hydrogens (tertiary/aromatic N) is 3. The van der Waals surface area contributed by atoms with Crippen molar-refractivity contribution in [3.63, 3.8) is 0 Å². The smallest absolute Gasteiger partial charge is 0.171 e. The molecular formula is C12H19ClN4O2. The maximum Gasteiger partial charge on any atom is 0.171 e. The lowest BCUT2D eigenvalue weighted by Gasteiger charge is -2.20. The monoisotopic (exact) mass is 286 g/mol. The number of hydrogen-bond acceptors (Lipinski definition) is 5. The van der Waals surface area contributed by atoms with Crippen molar-refractivity contribution in [2.24, 2.45) is 10.9 Å². The van der Waals surface area contributed by atoms with Gasteiger partial charge in [-0.1, -0.05) is 16.8 Å². The van der Waals surface area contributed by atoms with Crippen molar-refractivity contribution in [3.05, 3.63) is 22.8 Å². The van der Waals surface area contributed by atoms with Gasteiger partial charge in [-0.3, -0.25) is 0 Å². The number of anilines is 1. The van der Waals surface area contributed by atoms with E-state index in [0.717, 1.165) is 25.8 Å². The highest BCUT2D eigenvalue weighted by Gasteiger charge is 2.13. The van der Waals surface area contributed by atoms with Crippen LogP contribution < -0.4 is 10.6 Å². The molecule has 7 heteroatoms. The molecule has 0 aliphatic rings. The summed E-state index contributed by atoms with van der Waals surface area (Å²) in [5.41, 5.74) is 6.00. The molecule has 1 rings (SSSR count). The molecule has 1 aromatic heterocycles. The number of rotatable bonds is 7. The highest BCUT2D eigenvalue weighted by atomic mass is 35.5. The molecule has 0 bridgehead atoms. The fourth-order valence-electron chi connectivity index (χ4n) is 1.69. The first-order valence-corrected chi connectivity index (χ1v) is 6.44. The van der Waals surface area contributed by atoms with E-state index < -0.39 is 0 Å². The number of amidine groups is 1. The van der Waals surface area contributed by atoms with Gasteiger partial charge in [0, 0.05) is 32.0 Å². The van der Waals surface area contributed by atoms with Crippen LogP contribution in [0.5, 0.6) is 0 Å². The normalized spacial score (nSPS) is 11.6. The van der Waals surface area contributed by atoms with Gasteiger partial charge in [0.2, 0.25) is 0 Å². The van der Waals surface area contributed by atoms with Crippen LogP contribution in [0.1, 0.15) is 24.8 Å².